The smallest absolute Gasteiger partial charge is 0.337 e. The number of nitrogens with one attached hydrogen (secondary N) is 1. The van der Waals surface area contributed by atoms with Gasteiger partial charge in [-0.05, 0) is 24.6 Å². The number of ether oxygens (including phenoxy) is 1. The third-order valence-electron chi connectivity index (χ3n) is 3.59. The molecule has 1 heterocycles. The molecule has 0 aromatic heterocycles. The molecule has 23 heavy (non-hydrogen) atoms. The second-order valence-electron chi connectivity index (χ2n) is 4.95. The third-order valence-corrected chi connectivity index (χ3v) is 3.59. The van der Waals surface area contributed by atoms with Crippen LogP contribution in [0.3, 0.4) is 0 Å². The SMILES string of the molecule is C=CCN1C(=O)N[C@H](c2ccc(F)c(F)c2)C(C(=O)OC)=C1C. The fourth-order valence-corrected chi connectivity index (χ4v) is 2.45. The summed E-state index contributed by atoms with van der Waals surface area (Å²) >= 11 is 0. The van der Waals surface area contributed by atoms with Crippen molar-refractivity contribution in [2.75, 3.05) is 13.7 Å². The van der Waals surface area contributed by atoms with Gasteiger partial charge in [0, 0.05) is 12.2 Å². The Labute approximate surface area is 132 Å². The molecule has 122 valence electrons. The Bertz CT molecular complexity index is 701. The minimum Gasteiger partial charge on any atom is -0.466 e. The van der Waals surface area contributed by atoms with Crippen LogP contribution in [-0.2, 0) is 9.53 Å². The number of carbonyl (C=O) groups excluding carboxylic acids is 2. The highest BCUT2D eigenvalue weighted by Gasteiger charge is 2.36. The lowest BCUT2D eigenvalue weighted by atomic mass is 9.94. The van der Waals surface area contributed by atoms with Crippen LogP contribution in [0.2, 0.25) is 0 Å². The molecular weight excluding hydrogens is 306 g/mol. The molecule has 2 rings (SSSR count). The zero-order valence-electron chi connectivity index (χ0n) is 12.7. The monoisotopic (exact) mass is 322 g/mol. The maximum Gasteiger partial charge on any atom is 0.337 e. The first-order chi connectivity index (χ1) is 10.9. The molecule has 7 heteroatoms. The average Bonchev–Trinajstić information content (AvgIpc) is 2.53. The van der Waals surface area contributed by atoms with Crippen LogP contribution in [-0.4, -0.2) is 30.6 Å². The number of hydrogen-bond acceptors (Lipinski definition) is 3. The second kappa shape index (κ2) is 6.60. The van der Waals surface area contributed by atoms with Crippen LogP contribution in [0.4, 0.5) is 13.6 Å². The van der Waals surface area contributed by atoms with E-state index in [-0.39, 0.29) is 17.7 Å². The molecule has 1 aliphatic heterocycles. The summed E-state index contributed by atoms with van der Waals surface area (Å²) in [5.41, 5.74) is 0.769. The predicted octanol–water partition coefficient (Wildman–Crippen LogP) is 2.66. The summed E-state index contributed by atoms with van der Waals surface area (Å²) in [7, 11) is 1.21. The molecule has 0 fully saturated rings. The second-order valence-corrected chi connectivity index (χ2v) is 4.95. The maximum atomic E-state index is 13.5. The summed E-state index contributed by atoms with van der Waals surface area (Å²) in [5, 5.41) is 2.60. The van der Waals surface area contributed by atoms with E-state index >= 15 is 0 Å². The molecule has 1 aromatic rings. The van der Waals surface area contributed by atoms with Crippen LogP contribution in [0.25, 0.3) is 0 Å². The van der Waals surface area contributed by atoms with E-state index in [0.29, 0.717) is 5.70 Å². The Morgan fingerprint density at radius 3 is 2.70 bits per heavy atom. The van der Waals surface area contributed by atoms with Gasteiger partial charge in [0.05, 0.1) is 18.7 Å². The van der Waals surface area contributed by atoms with E-state index in [4.69, 9.17) is 4.74 Å². The van der Waals surface area contributed by atoms with Crippen molar-refractivity contribution >= 4 is 12.0 Å². The first-order valence-electron chi connectivity index (χ1n) is 6.83. The van der Waals surface area contributed by atoms with E-state index < -0.39 is 29.7 Å². The van der Waals surface area contributed by atoms with Gasteiger partial charge in [-0.15, -0.1) is 6.58 Å². The number of halogens is 2. The van der Waals surface area contributed by atoms with Crippen molar-refractivity contribution in [2.45, 2.75) is 13.0 Å². The summed E-state index contributed by atoms with van der Waals surface area (Å²) in [4.78, 5) is 25.6. The molecule has 1 aromatic carbocycles. The van der Waals surface area contributed by atoms with Crippen LogP contribution < -0.4 is 5.32 Å². The van der Waals surface area contributed by atoms with E-state index in [1.165, 1.54) is 24.2 Å². The van der Waals surface area contributed by atoms with Gasteiger partial charge < -0.3 is 10.1 Å². The first-order valence-corrected chi connectivity index (χ1v) is 6.83. The normalized spacial score (nSPS) is 17.8. The Hall–Kier alpha value is -2.70. The van der Waals surface area contributed by atoms with Crippen molar-refractivity contribution in [1.29, 1.82) is 0 Å². The summed E-state index contributed by atoms with van der Waals surface area (Å²) in [6.07, 6.45) is 1.51. The number of amides is 2. The molecule has 0 saturated carbocycles. The zero-order valence-corrected chi connectivity index (χ0v) is 12.7. The van der Waals surface area contributed by atoms with Gasteiger partial charge in [0.25, 0.3) is 0 Å². The van der Waals surface area contributed by atoms with Crippen molar-refractivity contribution in [3.05, 3.63) is 59.3 Å². The first kappa shape index (κ1) is 16.7. The molecule has 1 atom stereocenters. The third kappa shape index (κ3) is 3.08. The zero-order chi connectivity index (χ0) is 17.1. The van der Waals surface area contributed by atoms with Crippen molar-refractivity contribution in [2.24, 2.45) is 0 Å². The van der Waals surface area contributed by atoms with Gasteiger partial charge in [-0.1, -0.05) is 12.1 Å². The fraction of sp³-hybridized carbons (Fsp3) is 0.250. The molecule has 5 nitrogen and oxygen atoms in total. The number of hydrogen-bond donors (Lipinski definition) is 1. The van der Waals surface area contributed by atoms with Crippen LogP contribution in [0, 0.1) is 11.6 Å². The highest BCUT2D eigenvalue weighted by molar-refractivity contribution is 5.95. The van der Waals surface area contributed by atoms with Gasteiger partial charge in [-0.2, -0.15) is 0 Å². The molecular formula is C16H16F2N2O3. The number of methoxy groups -OCH3 is 1. The van der Waals surface area contributed by atoms with Gasteiger partial charge in [0.2, 0.25) is 0 Å². The standard InChI is InChI=1S/C16H16F2N2O3/c1-4-7-20-9(2)13(15(21)23-3)14(19-16(20)22)10-5-6-11(17)12(18)8-10/h4-6,8,14H,1,7H2,2-3H3,(H,19,22)/t14-/m1/s1. The van der Waals surface area contributed by atoms with E-state index in [1.807, 2.05) is 0 Å². The number of esters is 1. The summed E-state index contributed by atoms with van der Waals surface area (Å²) in [6, 6.07) is 1.80. The number of allylic oxidation sites excluding steroid dienone is 1. The average molecular weight is 322 g/mol. The highest BCUT2D eigenvalue weighted by atomic mass is 19.2. The Morgan fingerprint density at radius 1 is 1.43 bits per heavy atom. The molecule has 0 spiro atoms. The maximum absolute atomic E-state index is 13.5. The van der Waals surface area contributed by atoms with E-state index in [1.54, 1.807) is 6.92 Å². The van der Waals surface area contributed by atoms with Crippen LogP contribution in [0.5, 0.6) is 0 Å². The van der Waals surface area contributed by atoms with Crippen molar-refractivity contribution in [1.82, 2.24) is 10.2 Å². The number of carbonyl (C=O) groups is 2. The predicted molar refractivity (Wildman–Crippen MR) is 79.2 cm³/mol. The number of nitrogens with zero attached hydrogens (tertiary/aromatic N) is 1. The van der Waals surface area contributed by atoms with Gasteiger partial charge in [0.15, 0.2) is 11.6 Å². The number of urea groups is 1. The lowest BCUT2D eigenvalue weighted by Gasteiger charge is -2.34. The topological polar surface area (TPSA) is 58.6 Å². The highest BCUT2D eigenvalue weighted by Crippen LogP contribution is 2.31. The van der Waals surface area contributed by atoms with Gasteiger partial charge >= 0.3 is 12.0 Å². The Morgan fingerprint density at radius 2 is 2.13 bits per heavy atom. The fourth-order valence-electron chi connectivity index (χ4n) is 2.45. The molecule has 0 aliphatic carbocycles. The summed E-state index contributed by atoms with van der Waals surface area (Å²) in [5.74, 6) is -2.73. The Balaban J connectivity index is 2.56. The molecule has 0 bridgehead atoms. The molecule has 1 N–H and O–H groups in total. The van der Waals surface area contributed by atoms with Crippen molar-refractivity contribution < 1.29 is 23.1 Å². The molecule has 1 aliphatic rings. The van der Waals surface area contributed by atoms with Gasteiger partial charge in [-0.25, -0.2) is 18.4 Å². The lowest BCUT2D eigenvalue weighted by Crippen LogP contribution is -2.48. The van der Waals surface area contributed by atoms with Crippen molar-refractivity contribution in [3.63, 3.8) is 0 Å². The van der Waals surface area contributed by atoms with Crippen LogP contribution in [0.1, 0.15) is 18.5 Å². The van der Waals surface area contributed by atoms with Crippen molar-refractivity contribution in [3.8, 4) is 0 Å². The Kier molecular flexibility index (Phi) is 4.78. The molecule has 2 amide bonds. The lowest BCUT2D eigenvalue weighted by molar-refractivity contribution is -0.136. The number of rotatable bonds is 4. The van der Waals surface area contributed by atoms with Crippen LogP contribution in [0.15, 0.2) is 42.1 Å². The minimum atomic E-state index is -1.06. The van der Waals surface area contributed by atoms with Gasteiger partial charge in [0.1, 0.15) is 0 Å². The summed E-state index contributed by atoms with van der Waals surface area (Å²) < 4.78 is 31.4. The van der Waals surface area contributed by atoms with E-state index in [9.17, 15) is 18.4 Å². The minimum absolute atomic E-state index is 0.153. The quantitative estimate of drug-likeness (QED) is 0.685. The summed E-state index contributed by atoms with van der Waals surface area (Å²) in [6.45, 7) is 5.34. The van der Waals surface area contributed by atoms with Crippen LogP contribution >= 0.6 is 0 Å². The molecule has 0 radical (unpaired) electrons. The number of benzene rings is 1. The molecule has 0 saturated heterocycles. The van der Waals surface area contributed by atoms with Gasteiger partial charge in [-0.3, -0.25) is 4.90 Å². The largest absolute Gasteiger partial charge is 0.466 e. The van der Waals surface area contributed by atoms with E-state index in [0.717, 1.165) is 12.1 Å². The molecule has 0 unspecified atom stereocenters. The van der Waals surface area contributed by atoms with E-state index in [2.05, 4.69) is 11.9 Å².